The molecule has 0 nitrogen and oxygen atoms in total. The summed E-state index contributed by atoms with van der Waals surface area (Å²) >= 11 is 1.90. The Morgan fingerprint density at radius 2 is 1.06 bits per heavy atom. The van der Waals surface area contributed by atoms with E-state index >= 15 is 0 Å². The molecule has 0 fully saturated rings. The molecule has 0 amide bonds. The van der Waals surface area contributed by atoms with Gasteiger partial charge in [-0.05, 0) is 79.9 Å². The van der Waals surface area contributed by atoms with E-state index in [4.69, 9.17) is 0 Å². The molecule has 0 spiro atoms. The molecule has 0 saturated carbocycles. The summed E-state index contributed by atoms with van der Waals surface area (Å²) in [6.07, 6.45) is 1.01. The Balaban J connectivity index is 1.30. The summed E-state index contributed by atoms with van der Waals surface area (Å²) in [5.41, 5.74) is 10.8. The van der Waals surface area contributed by atoms with E-state index in [1.54, 1.807) is 0 Å². The van der Waals surface area contributed by atoms with E-state index in [9.17, 15) is 0 Å². The van der Waals surface area contributed by atoms with Crippen LogP contribution in [-0.2, 0) is 6.42 Å². The first-order valence-corrected chi connectivity index (χ1v) is 13.3. The molecule has 0 bridgehead atoms. The van der Waals surface area contributed by atoms with Gasteiger partial charge in [-0.25, -0.2) is 0 Å². The lowest BCUT2D eigenvalue weighted by Gasteiger charge is -2.10. The summed E-state index contributed by atoms with van der Waals surface area (Å²) in [5.74, 6) is 0. The van der Waals surface area contributed by atoms with Gasteiger partial charge in [0, 0.05) is 20.2 Å². The Labute approximate surface area is 214 Å². The molecule has 36 heavy (non-hydrogen) atoms. The van der Waals surface area contributed by atoms with Gasteiger partial charge in [0.15, 0.2) is 0 Å². The standard InChI is InChI=1S/C35H22S/c1-2-9-27-22(7-1)8-5-11-28(27)25-17-15-23-19-24-16-18-26(21-33(24)32(23)20-25)29-12-6-13-31-30-10-3-4-14-34(30)36-35(29)31/h1-18,20-21H,19H2. The second-order valence-corrected chi connectivity index (χ2v) is 10.8. The lowest BCUT2D eigenvalue weighted by Crippen LogP contribution is -1.85. The molecule has 0 atom stereocenters. The number of hydrogen-bond acceptors (Lipinski definition) is 1. The van der Waals surface area contributed by atoms with Gasteiger partial charge >= 0.3 is 0 Å². The molecule has 0 saturated heterocycles. The van der Waals surface area contributed by atoms with Crippen LogP contribution in [-0.4, -0.2) is 0 Å². The van der Waals surface area contributed by atoms with Gasteiger partial charge in [0.2, 0.25) is 0 Å². The third-order valence-electron chi connectivity index (χ3n) is 7.71. The van der Waals surface area contributed by atoms with Gasteiger partial charge in [0.05, 0.1) is 0 Å². The quantitative estimate of drug-likeness (QED) is 0.234. The van der Waals surface area contributed by atoms with Crippen molar-refractivity contribution < 1.29 is 0 Å². The van der Waals surface area contributed by atoms with E-state index in [1.807, 2.05) is 11.3 Å². The van der Waals surface area contributed by atoms with Crippen molar-refractivity contribution in [3.05, 3.63) is 132 Å². The number of benzene rings is 6. The molecule has 7 aromatic rings. The monoisotopic (exact) mass is 474 g/mol. The summed E-state index contributed by atoms with van der Waals surface area (Å²) in [6, 6.07) is 44.9. The molecule has 0 unspecified atom stereocenters. The van der Waals surface area contributed by atoms with Crippen LogP contribution in [0.15, 0.2) is 121 Å². The van der Waals surface area contributed by atoms with Crippen molar-refractivity contribution in [3.8, 4) is 33.4 Å². The molecule has 0 aliphatic heterocycles. The molecule has 1 heterocycles. The van der Waals surface area contributed by atoms with Crippen LogP contribution in [0.5, 0.6) is 0 Å². The van der Waals surface area contributed by atoms with Crippen molar-refractivity contribution >= 4 is 42.3 Å². The molecule has 168 valence electrons. The van der Waals surface area contributed by atoms with Gasteiger partial charge < -0.3 is 0 Å². The molecular formula is C35H22S. The molecule has 0 radical (unpaired) electrons. The Kier molecular flexibility index (Phi) is 4.26. The van der Waals surface area contributed by atoms with E-state index in [1.165, 1.54) is 75.5 Å². The zero-order valence-corrected chi connectivity index (χ0v) is 20.5. The van der Waals surface area contributed by atoms with Gasteiger partial charge in [-0.2, -0.15) is 0 Å². The maximum atomic E-state index is 2.42. The minimum Gasteiger partial charge on any atom is -0.135 e. The topological polar surface area (TPSA) is 0 Å². The van der Waals surface area contributed by atoms with Crippen molar-refractivity contribution in [2.75, 3.05) is 0 Å². The highest BCUT2D eigenvalue weighted by Gasteiger charge is 2.21. The minimum absolute atomic E-state index is 1.01. The van der Waals surface area contributed by atoms with E-state index < -0.39 is 0 Å². The Morgan fingerprint density at radius 3 is 1.89 bits per heavy atom. The molecule has 0 N–H and O–H groups in total. The summed E-state index contributed by atoms with van der Waals surface area (Å²) in [7, 11) is 0. The Hall–Kier alpha value is -4.20. The predicted molar refractivity (Wildman–Crippen MR) is 156 cm³/mol. The second-order valence-electron chi connectivity index (χ2n) is 9.73. The summed E-state index contributed by atoms with van der Waals surface area (Å²) < 4.78 is 2.73. The average Bonchev–Trinajstić information content (AvgIpc) is 3.50. The fourth-order valence-corrected chi connectivity index (χ4v) is 7.19. The fraction of sp³-hybridized carbons (Fsp3) is 0.0286. The highest BCUT2D eigenvalue weighted by Crippen LogP contribution is 2.44. The SMILES string of the molecule is c1ccc2c(-c3ccc4c(c3)-c3cc(-c5cccc6c5sc5ccccc56)ccc3C4)cccc2c1. The molecule has 1 aromatic heterocycles. The van der Waals surface area contributed by atoms with Crippen LogP contribution in [0.3, 0.4) is 0 Å². The second kappa shape index (κ2) is 7.65. The van der Waals surface area contributed by atoms with E-state index in [2.05, 4.69) is 121 Å². The lowest BCUT2D eigenvalue weighted by atomic mass is 9.94. The van der Waals surface area contributed by atoms with Crippen LogP contribution in [0.4, 0.5) is 0 Å². The maximum Gasteiger partial charge on any atom is 0.0433 e. The number of thiophene rings is 1. The highest BCUT2D eigenvalue weighted by atomic mass is 32.1. The van der Waals surface area contributed by atoms with Gasteiger partial charge in [-0.1, -0.05) is 103 Å². The van der Waals surface area contributed by atoms with Crippen molar-refractivity contribution in [1.82, 2.24) is 0 Å². The maximum absolute atomic E-state index is 2.42. The number of fused-ring (bicyclic) bond motifs is 7. The van der Waals surface area contributed by atoms with Gasteiger partial charge in [0.1, 0.15) is 0 Å². The van der Waals surface area contributed by atoms with Crippen molar-refractivity contribution in [2.45, 2.75) is 6.42 Å². The van der Waals surface area contributed by atoms with Crippen LogP contribution < -0.4 is 0 Å². The van der Waals surface area contributed by atoms with Crippen LogP contribution >= 0.6 is 11.3 Å². The zero-order valence-electron chi connectivity index (χ0n) is 19.7. The zero-order chi connectivity index (χ0) is 23.6. The van der Waals surface area contributed by atoms with Crippen LogP contribution in [0.2, 0.25) is 0 Å². The lowest BCUT2D eigenvalue weighted by molar-refractivity contribution is 1.26. The van der Waals surface area contributed by atoms with Gasteiger partial charge in [0.25, 0.3) is 0 Å². The van der Waals surface area contributed by atoms with Crippen molar-refractivity contribution in [3.63, 3.8) is 0 Å². The molecule has 1 aliphatic carbocycles. The molecule has 8 rings (SSSR count). The van der Waals surface area contributed by atoms with Crippen molar-refractivity contribution in [1.29, 1.82) is 0 Å². The first-order chi connectivity index (χ1) is 17.8. The number of hydrogen-bond donors (Lipinski definition) is 0. The van der Waals surface area contributed by atoms with E-state index in [0.717, 1.165) is 6.42 Å². The molecule has 1 aliphatic rings. The first-order valence-electron chi connectivity index (χ1n) is 12.5. The average molecular weight is 475 g/mol. The summed E-state index contributed by atoms with van der Waals surface area (Å²) in [6.45, 7) is 0. The third-order valence-corrected chi connectivity index (χ3v) is 8.93. The van der Waals surface area contributed by atoms with Crippen LogP contribution in [0, 0.1) is 0 Å². The van der Waals surface area contributed by atoms with Crippen LogP contribution in [0.25, 0.3) is 64.3 Å². The van der Waals surface area contributed by atoms with E-state index in [-0.39, 0.29) is 0 Å². The third kappa shape index (κ3) is 2.93. The normalized spacial score (nSPS) is 12.3. The number of rotatable bonds is 2. The fourth-order valence-electron chi connectivity index (χ4n) is 5.95. The first kappa shape index (κ1) is 20.0. The van der Waals surface area contributed by atoms with Gasteiger partial charge in [-0.3, -0.25) is 0 Å². The molecule has 1 heteroatoms. The van der Waals surface area contributed by atoms with Crippen molar-refractivity contribution in [2.24, 2.45) is 0 Å². The summed E-state index contributed by atoms with van der Waals surface area (Å²) in [4.78, 5) is 0. The summed E-state index contributed by atoms with van der Waals surface area (Å²) in [5, 5.41) is 5.30. The van der Waals surface area contributed by atoms with E-state index in [0.29, 0.717) is 0 Å². The highest BCUT2D eigenvalue weighted by molar-refractivity contribution is 7.26. The predicted octanol–water partition coefficient (Wildman–Crippen LogP) is 10.1. The van der Waals surface area contributed by atoms with Crippen LogP contribution in [0.1, 0.15) is 11.1 Å². The molecule has 6 aromatic carbocycles. The smallest absolute Gasteiger partial charge is 0.0433 e. The Bertz CT molecular complexity index is 1970. The largest absolute Gasteiger partial charge is 0.135 e. The minimum atomic E-state index is 1.01. The Morgan fingerprint density at radius 1 is 0.444 bits per heavy atom. The van der Waals surface area contributed by atoms with Gasteiger partial charge in [-0.15, -0.1) is 11.3 Å². The molecular weight excluding hydrogens is 452 g/mol.